The van der Waals surface area contributed by atoms with Crippen LogP contribution < -0.4 is 5.14 Å². The first kappa shape index (κ1) is 8.08. The van der Waals surface area contributed by atoms with E-state index < -0.39 is 10.0 Å². The molecule has 68 valence electrons. The molecule has 13 heavy (non-hydrogen) atoms. The van der Waals surface area contributed by atoms with E-state index in [1.165, 1.54) is 6.07 Å². The van der Waals surface area contributed by atoms with Gasteiger partial charge in [0.15, 0.2) is 0 Å². The number of primary sulfonamides is 1. The van der Waals surface area contributed by atoms with Crippen LogP contribution in [0.5, 0.6) is 0 Å². The maximum Gasteiger partial charge on any atom is 0.239 e. The van der Waals surface area contributed by atoms with Gasteiger partial charge in [-0.3, -0.25) is 0 Å². The lowest BCUT2D eigenvalue weighted by Crippen LogP contribution is -2.12. The standard InChI is InChI=1S/C5H5N5O2S/c6-13(11,12)3-1-4-5(7-2-3)9-10-8-4/h1-2H,(H2,6,11,12)(H,7,8,9,10). The first-order valence-corrected chi connectivity index (χ1v) is 4.81. The summed E-state index contributed by atoms with van der Waals surface area (Å²) in [5.74, 6) is 0. The van der Waals surface area contributed by atoms with Gasteiger partial charge in [-0.1, -0.05) is 0 Å². The molecule has 0 aliphatic rings. The third-order valence-corrected chi connectivity index (χ3v) is 2.36. The van der Waals surface area contributed by atoms with Gasteiger partial charge < -0.3 is 0 Å². The number of fused-ring (bicyclic) bond motifs is 1. The molecule has 0 saturated carbocycles. The van der Waals surface area contributed by atoms with Gasteiger partial charge in [-0.2, -0.15) is 10.3 Å². The molecule has 0 unspecified atom stereocenters. The molecule has 2 aromatic heterocycles. The van der Waals surface area contributed by atoms with Gasteiger partial charge in [-0.25, -0.2) is 18.5 Å². The molecule has 0 saturated heterocycles. The normalized spacial score (nSPS) is 12.1. The topological polar surface area (TPSA) is 115 Å². The van der Waals surface area contributed by atoms with Gasteiger partial charge in [0, 0.05) is 6.20 Å². The first-order valence-electron chi connectivity index (χ1n) is 3.27. The van der Waals surface area contributed by atoms with Crippen molar-refractivity contribution in [3.05, 3.63) is 12.3 Å². The number of H-pyrrole nitrogens is 1. The van der Waals surface area contributed by atoms with Crippen LogP contribution in [-0.2, 0) is 10.0 Å². The Morgan fingerprint density at radius 2 is 2.15 bits per heavy atom. The minimum absolute atomic E-state index is 0.0751. The summed E-state index contributed by atoms with van der Waals surface area (Å²) in [6.07, 6.45) is 1.14. The van der Waals surface area contributed by atoms with Crippen LogP contribution in [0.1, 0.15) is 0 Å². The zero-order valence-corrected chi connectivity index (χ0v) is 7.11. The maximum absolute atomic E-state index is 10.9. The van der Waals surface area contributed by atoms with Crippen molar-refractivity contribution in [2.75, 3.05) is 0 Å². The second kappa shape index (κ2) is 2.47. The number of sulfonamides is 1. The molecule has 0 amide bonds. The lowest BCUT2D eigenvalue weighted by Gasteiger charge is -1.94. The highest BCUT2D eigenvalue weighted by Crippen LogP contribution is 2.10. The van der Waals surface area contributed by atoms with E-state index in [9.17, 15) is 8.42 Å². The van der Waals surface area contributed by atoms with Crippen LogP contribution in [0.3, 0.4) is 0 Å². The number of aromatic nitrogens is 4. The molecule has 0 aliphatic heterocycles. The van der Waals surface area contributed by atoms with Crippen LogP contribution in [-0.4, -0.2) is 28.8 Å². The van der Waals surface area contributed by atoms with Crippen LogP contribution in [0.15, 0.2) is 17.2 Å². The molecular formula is C5H5N5O2S. The Morgan fingerprint density at radius 3 is 2.85 bits per heavy atom. The van der Waals surface area contributed by atoms with Gasteiger partial charge in [0.05, 0.1) is 0 Å². The molecule has 0 fully saturated rings. The van der Waals surface area contributed by atoms with Crippen LogP contribution >= 0.6 is 0 Å². The van der Waals surface area contributed by atoms with E-state index in [0.29, 0.717) is 11.2 Å². The Morgan fingerprint density at radius 1 is 1.38 bits per heavy atom. The zero-order chi connectivity index (χ0) is 9.47. The summed E-state index contributed by atoms with van der Waals surface area (Å²) in [6, 6.07) is 1.31. The summed E-state index contributed by atoms with van der Waals surface area (Å²) in [5.41, 5.74) is 0.721. The van der Waals surface area contributed by atoms with Gasteiger partial charge in [-0.15, -0.1) is 5.10 Å². The van der Waals surface area contributed by atoms with E-state index in [2.05, 4.69) is 20.4 Å². The molecule has 0 atom stereocenters. The fourth-order valence-corrected chi connectivity index (χ4v) is 1.35. The fraction of sp³-hybridized carbons (Fsp3) is 0. The van der Waals surface area contributed by atoms with Crippen molar-refractivity contribution < 1.29 is 8.42 Å². The van der Waals surface area contributed by atoms with Crippen molar-refractivity contribution in [3.8, 4) is 0 Å². The predicted octanol–water partition coefficient (Wildman–Crippen LogP) is -1.000. The third-order valence-electron chi connectivity index (χ3n) is 1.48. The van der Waals surface area contributed by atoms with Crippen LogP contribution in [0, 0.1) is 0 Å². The second-order valence-corrected chi connectivity index (χ2v) is 3.94. The number of nitrogens with one attached hydrogen (secondary N) is 1. The summed E-state index contributed by atoms with van der Waals surface area (Å²) >= 11 is 0. The van der Waals surface area contributed by atoms with E-state index >= 15 is 0 Å². The van der Waals surface area contributed by atoms with Crippen LogP contribution in [0.4, 0.5) is 0 Å². The molecule has 8 heteroatoms. The molecular weight excluding hydrogens is 194 g/mol. The minimum Gasteiger partial charge on any atom is -0.232 e. The summed E-state index contributed by atoms with van der Waals surface area (Å²) in [5, 5.41) is 14.5. The molecule has 7 nitrogen and oxygen atoms in total. The van der Waals surface area contributed by atoms with Crippen LogP contribution in [0.2, 0.25) is 0 Å². The third kappa shape index (κ3) is 1.36. The van der Waals surface area contributed by atoms with Crippen molar-refractivity contribution in [2.24, 2.45) is 5.14 Å². The molecule has 2 rings (SSSR count). The Labute approximate surface area is 73.0 Å². The smallest absolute Gasteiger partial charge is 0.232 e. The fourth-order valence-electron chi connectivity index (χ4n) is 0.878. The van der Waals surface area contributed by atoms with E-state index in [4.69, 9.17) is 5.14 Å². The largest absolute Gasteiger partial charge is 0.239 e. The first-order chi connectivity index (χ1) is 6.07. The highest BCUT2D eigenvalue weighted by Gasteiger charge is 2.10. The molecule has 0 spiro atoms. The Bertz CT molecular complexity index is 545. The van der Waals surface area contributed by atoms with Crippen molar-refractivity contribution in [1.29, 1.82) is 0 Å². The van der Waals surface area contributed by atoms with Gasteiger partial charge >= 0.3 is 0 Å². The summed E-state index contributed by atoms with van der Waals surface area (Å²) in [4.78, 5) is 3.67. The van der Waals surface area contributed by atoms with E-state index in [0.717, 1.165) is 6.20 Å². The quantitative estimate of drug-likeness (QED) is 0.611. The van der Waals surface area contributed by atoms with Gasteiger partial charge in [-0.05, 0) is 6.07 Å². The lowest BCUT2D eigenvalue weighted by molar-refractivity contribution is 0.597. The number of nitrogens with zero attached hydrogens (tertiary/aromatic N) is 3. The Balaban J connectivity index is 2.75. The summed E-state index contributed by atoms with van der Waals surface area (Å²) in [6.45, 7) is 0. The number of aromatic amines is 1. The zero-order valence-electron chi connectivity index (χ0n) is 6.30. The molecule has 2 aromatic rings. The number of nitrogens with two attached hydrogens (primary N) is 1. The van der Waals surface area contributed by atoms with E-state index in [1.807, 2.05) is 0 Å². The van der Waals surface area contributed by atoms with Crippen molar-refractivity contribution in [2.45, 2.75) is 4.90 Å². The van der Waals surface area contributed by atoms with Crippen molar-refractivity contribution >= 4 is 21.2 Å². The van der Waals surface area contributed by atoms with Gasteiger partial charge in [0.2, 0.25) is 15.7 Å². The van der Waals surface area contributed by atoms with E-state index in [1.54, 1.807) is 0 Å². The highest BCUT2D eigenvalue weighted by atomic mass is 32.2. The average molecular weight is 199 g/mol. The van der Waals surface area contributed by atoms with Crippen molar-refractivity contribution in [1.82, 2.24) is 20.4 Å². The molecule has 0 bridgehead atoms. The summed E-state index contributed by atoms with van der Waals surface area (Å²) in [7, 11) is -3.72. The number of hydrogen-bond donors (Lipinski definition) is 2. The summed E-state index contributed by atoms with van der Waals surface area (Å²) < 4.78 is 21.8. The van der Waals surface area contributed by atoms with Gasteiger partial charge in [0.25, 0.3) is 0 Å². The SMILES string of the molecule is NS(=O)(=O)c1cnc2n[nH]nc2c1. The average Bonchev–Trinajstić information content (AvgIpc) is 2.47. The Hall–Kier alpha value is -1.54. The molecule has 0 aromatic carbocycles. The van der Waals surface area contributed by atoms with E-state index in [-0.39, 0.29) is 4.90 Å². The molecule has 0 aliphatic carbocycles. The van der Waals surface area contributed by atoms with Crippen molar-refractivity contribution in [3.63, 3.8) is 0 Å². The molecule has 3 N–H and O–H groups in total. The number of hydrogen-bond acceptors (Lipinski definition) is 5. The lowest BCUT2D eigenvalue weighted by atomic mass is 10.4. The maximum atomic E-state index is 10.9. The molecule has 2 heterocycles. The van der Waals surface area contributed by atoms with Gasteiger partial charge in [0.1, 0.15) is 10.4 Å². The predicted molar refractivity (Wildman–Crippen MR) is 43.1 cm³/mol. The number of pyridine rings is 1. The Kier molecular flexibility index (Phi) is 1.54. The number of rotatable bonds is 1. The minimum atomic E-state index is -3.72. The monoisotopic (exact) mass is 199 g/mol. The highest BCUT2D eigenvalue weighted by molar-refractivity contribution is 7.89. The van der Waals surface area contributed by atoms with Crippen LogP contribution in [0.25, 0.3) is 11.2 Å². The second-order valence-electron chi connectivity index (χ2n) is 2.38. The molecule has 0 radical (unpaired) electrons.